The summed E-state index contributed by atoms with van der Waals surface area (Å²) in [5.41, 5.74) is 2.63. The van der Waals surface area contributed by atoms with Gasteiger partial charge in [-0.1, -0.05) is 30.0 Å². The van der Waals surface area contributed by atoms with Gasteiger partial charge >= 0.3 is 0 Å². The monoisotopic (exact) mass is 496 g/mol. The number of benzene rings is 2. The lowest BCUT2D eigenvalue weighted by atomic mass is 10.2. The highest BCUT2D eigenvalue weighted by Crippen LogP contribution is 2.28. The Morgan fingerprint density at radius 3 is 2.54 bits per heavy atom. The fraction of sp³-hybridized carbons (Fsp3) is 0.400. The second-order valence-corrected chi connectivity index (χ2v) is 9.66. The molecule has 3 heterocycles. The summed E-state index contributed by atoms with van der Waals surface area (Å²) in [6.07, 6.45) is 2.54. The molecule has 0 spiro atoms. The third kappa shape index (κ3) is 6.01. The molecule has 1 aromatic heterocycles. The van der Waals surface area contributed by atoms with E-state index in [1.807, 2.05) is 18.2 Å². The molecule has 2 saturated heterocycles. The SMILES string of the molecule is O=C(CSc1nnc(N2CCOCC2)n1-c1cccc(F)c1)Nc1ccc(CN2CCCC2)cc1. The molecular weight excluding hydrogens is 467 g/mol. The van der Waals surface area contributed by atoms with Crippen molar-refractivity contribution in [2.24, 2.45) is 0 Å². The maximum absolute atomic E-state index is 14.0. The molecule has 3 aromatic rings. The predicted molar refractivity (Wildman–Crippen MR) is 135 cm³/mol. The number of rotatable bonds is 8. The number of hydrogen-bond donors (Lipinski definition) is 1. The second-order valence-electron chi connectivity index (χ2n) is 8.71. The largest absolute Gasteiger partial charge is 0.378 e. The van der Waals surface area contributed by atoms with E-state index < -0.39 is 0 Å². The lowest BCUT2D eigenvalue weighted by molar-refractivity contribution is -0.113. The summed E-state index contributed by atoms with van der Waals surface area (Å²) in [5.74, 6) is 0.303. The van der Waals surface area contributed by atoms with Crippen molar-refractivity contribution in [2.75, 3.05) is 55.4 Å². The molecule has 0 radical (unpaired) electrons. The first kappa shape index (κ1) is 23.8. The summed E-state index contributed by atoms with van der Waals surface area (Å²) in [6.45, 7) is 5.80. The van der Waals surface area contributed by atoms with Crippen LogP contribution in [0, 0.1) is 5.82 Å². The molecule has 0 unspecified atom stereocenters. The van der Waals surface area contributed by atoms with Crippen LogP contribution in [0.5, 0.6) is 0 Å². The van der Waals surface area contributed by atoms with E-state index in [1.165, 1.54) is 42.3 Å². The number of morpholine rings is 1. The summed E-state index contributed by atoms with van der Waals surface area (Å²) in [5, 5.41) is 12.2. The quantitative estimate of drug-likeness (QED) is 0.478. The van der Waals surface area contributed by atoms with Crippen LogP contribution in [0.1, 0.15) is 18.4 Å². The Kier molecular flexibility index (Phi) is 7.60. The van der Waals surface area contributed by atoms with Gasteiger partial charge in [0.25, 0.3) is 0 Å². The van der Waals surface area contributed by atoms with Crippen LogP contribution >= 0.6 is 11.8 Å². The van der Waals surface area contributed by atoms with E-state index >= 15 is 0 Å². The van der Waals surface area contributed by atoms with Crippen LogP contribution < -0.4 is 10.2 Å². The molecule has 1 N–H and O–H groups in total. The predicted octanol–water partition coefficient (Wildman–Crippen LogP) is 3.57. The zero-order valence-corrected chi connectivity index (χ0v) is 20.3. The first-order valence-corrected chi connectivity index (χ1v) is 12.9. The smallest absolute Gasteiger partial charge is 0.234 e. The first-order valence-electron chi connectivity index (χ1n) is 11.9. The number of halogens is 1. The second kappa shape index (κ2) is 11.2. The van der Waals surface area contributed by atoms with E-state index in [4.69, 9.17) is 4.74 Å². The van der Waals surface area contributed by atoms with Gasteiger partial charge in [0.1, 0.15) is 5.82 Å². The van der Waals surface area contributed by atoms with Crippen LogP contribution in [0.25, 0.3) is 5.69 Å². The van der Waals surface area contributed by atoms with Crippen LogP contribution in [0.4, 0.5) is 16.0 Å². The van der Waals surface area contributed by atoms with Crippen LogP contribution in [0.15, 0.2) is 53.7 Å². The molecule has 1 amide bonds. The van der Waals surface area contributed by atoms with Crippen molar-refractivity contribution >= 4 is 29.3 Å². The third-order valence-corrected chi connectivity index (χ3v) is 7.08. The van der Waals surface area contributed by atoms with Crippen LogP contribution in [-0.4, -0.2) is 70.7 Å². The molecule has 2 aromatic carbocycles. The average molecular weight is 497 g/mol. The third-order valence-electron chi connectivity index (χ3n) is 6.15. The number of carbonyl (C=O) groups excluding carboxylic acids is 1. The fourth-order valence-corrected chi connectivity index (χ4v) is 5.13. The summed E-state index contributed by atoms with van der Waals surface area (Å²) in [7, 11) is 0. The molecule has 184 valence electrons. The molecule has 2 aliphatic rings. The van der Waals surface area contributed by atoms with Crippen molar-refractivity contribution in [3.63, 3.8) is 0 Å². The summed E-state index contributed by atoms with van der Waals surface area (Å²) in [4.78, 5) is 17.2. The standard InChI is InChI=1S/C25H29FN6O2S/c26-20-4-3-5-22(16-20)32-24(31-12-14-34-15-13-31)28-29-25(32)35-18-23(33)27-21-8-6-19(7-9-21)17-30-10-1-2-11-30/h3-9,16H,1-2,10-15,17-18H2,(H,27,33). The summed E-state index contributed by atoms with van der Waals surface area (Å²) >= 11 is 1.27. The van der Waals surface area contributed by atoms with E-state index in [2.05, 4.69) is 37.4 Å². The highest BCUT2D eigenvalue weighted by molar-refractivity contribution is 7.99. The van der Waals surface area contributed by atoms with Crippen molar-refractivity contribution in [1.82, 2.24) is 19.7 Å². The number of carbonyl (C=O) groups is 1. The van der Waals surface area contributed by atoms with Gasteiger partial charge in [-0.15, -0.1) is 10.2 Å². The molecule has 8 nitrogen and oxygen atoms in total. The summed E-state index contributed by atoms with van der Waals surface area (Å²) < 4.78 is 21.3. The molecule has 0 aliphatic carbocycles. The van der Waals surface area contributed by atoms with Gasteiger partial charge in [-0.25, -0.2) is 4.39 Å². The number of nitrogens with zero attached hydrogens (tertiary/aromatic N) is 5. The number of nitrogens with one attached hydrogen (secondary N) is 1. The Morgan fingerprint density at radius 1 is 1.03 bits per heavy atom. The van der Waals surface area contributed by atoms with Gasteiger partial charge in [0.15, 0.2) is 5.16 Å². The summed E-state index contributed by atoms with van der Waals surface area (Å²) in [6, 6.07) is 14.3. The van der Waals surface area contributed by atoms with E-state index in [0.29, 0.717) is 43.1 Å². The highest BCUT2D eigenvalue weighted by Gasteiger charge is 2.22. The van der Waals surface area contributed by atoms with Crippen molar-refractivity contribution in [3.8, 4) is 5.69 Å². The van der Waals surface area contributed by atoms with Gasteiger partial charge in [-0.3, -0.25) is 14.3 Å². The molecule has 2 aliphatic heterocycles. The number of hydrogen-bond acceptors (Lipinski definition) is 7. The minimum absolute atomic E-state index is 0.135. The maximum atomic E-state index is 14.0. The number of thioether (sulfide) groups is 1. The van der Waals surface area contributed by atoms with Crippen LogP contribution in [-0.2, 0) is 16.1 Å². The maximum Gasteiger partial charge on any atom is 0.234 e. The molecule has 0 bridgehead atoms. The minimum Gasteiger partial charge on any atom is -0.378 e. The zero-order valence-electron chi connectivity index (χ0n) is 19.5. The zero-order chi connectivity index (χ0) is 24.0. The van der Waals surface area contributed by atoms with Gasteiger partial charge in [-0.2, -0.15) is 0 Å². The minimum atomic E-state index is -0.342. The topological polar surface area (TPSA) is 75.5 Å². The van der Waals surface area contributed by atoms with E-state index in [0.717, 1.165) is 25.3 Å². The molecular formula is C25H29FN6O2S. The number of likely N-dealkylation sites (tertiary alicyclic amines) is 1. The molecule has 5 rings (SSSR count). The number of ether oxygens (including phenoxy) is 1. The van der Waals surface area contributed by atoms with Gasteiger partial charge in [-0.05, 0) is 61.8 Å². The van der Waals surface area contributed by atoms with Crippen molar-refractivity contribution in [2.45, 2.75) is 24.5 Å². The van der Waals surface area contributed by atoms with Crippen molar-refractivity contribution in [3.05, 3.63) is 59.9 Å². The van der Waals surface area contributed by atoms with Gasteiger partial charge in [0.2, 0.25) is 11.9 Å². The molecule has 0 saturated carbocycles. The Morgan fingerprint density at radius 2 is 1.80 bits per heavy atom. The molecule has 10 heteroatoms. The number of amides is 1. The lowest BCUT2D eigenvalue weighted by Crippen LogP contribution is -2.37. The highest BCUT2D eigenvalue weighted by atomic mass is 32.2. The fourth-order valence-electron chi connectivity index (χ4n) is 4.38. The first-order chi connectivity index (χ1) is 17.2. The normalized spacial score (nSPS) is 16.5. The Bertz CT molecular complexity index is 1140. The number of aromatic nitrogens is 3. The lowest BCUT2D eigenvalue weighted by Gasteiger charge is -2.27. The average Bonchev–Trinajstić information content (AvgIpc) is 3.54. The van der Waals surface area contributed by atoms with E-state index in [1.54, 1.807) is 10.6 Å². The number of anilines is 2. The Balaban J connectivity index is 1.25. The van der Waals surface area contributed by atoms with Gasteiger partial charge in [0.05, 0.1) is 24.7 Å². The van der Waals surface area contributed by atoms with Crippen molar-refractivity contribution in [1.29, 1.82) is 0 Å². The Hall–Kier alpha value is -2.95. The molecule has 0 atom stereocenters. The molecule has 35 heavy (non-hydrogen) atoms. The van der Waals surface area contributed by atoms with E-state index in [-0.39, 0.29) is 17.5 Å². The van der Waals surface area contributed by atoms with Crippen molar-refractivity contribution < 1.29 is 13.9 Å². The van der Waals surface area contributed by atoms with Gasteiger partial charge < -0.3 is 15.0 Å². The van der Waals surface area contributed by atoms with Gasteiger partial charge in [0, 0.05) is 25.3 Å². The Labute approximate surface area is 208 Å². The molecule has 2 fully saturated rings. The van der Waals surface area contributed by atoms with Crippen LogP contribution in [0.3, 0.4) is 0 Å². The van der Waals surface area contributed by atoms with Crippen LogP contribution in [0.2, 0.25) is 0 Å². The van der Waals surface area contributed by atoms with E-state index in [9.17, 15) is 9.18 Å².